The summed E-state index contributed by atoms with van der Waals surface area (Å²) in [6.07, 6.45) is 34.5. The maximum absolute atomic E-state index is 10.3. The Balaban J connectivity index is -0.000000608. The molecule has 0 bridgehead atoms. The lowest BCUT2D eigenvalue weighted by molar-refractivity contribution is -0.138. The minimum Gasteiger partial charge on any atom is -0.481 e. The Morgan fingerprint density at radius 1 is 0.351 bits per heavy atom. The van der Waals surface area contributed by atoms with Crippen LogP contribution in [0.15, 0.2) is 0 Å². The van der Waals surface area contributed by atoms with Crippen LogP contribution >= 0.6 is 0 Å². The van der Waals surface area contributed by atoms with Gasteiger partial charge in [0.05, 0.1) is 0 Å². The van der Waals surface area contributed by atoms with Crippen molar-refractivity contribution in [3.05, 3.63) is 0 Å². The van der Waals surface area contributed by atoms with E-state index in [4.69, 9.17) is 10.2 Å². The number of carboxylic acid groups (broad SMARTS) is 2. The van der Waals surface area contributed by atoms with Crippen molar-refractivity contribution in [2.75, 3.05) is 0 Å². The smallest absolute Gasteiger partial charge is 0.303 e. The van der Waals surface area contributed by atoms with Crippen molar-refractivity contribution in [2.24, 2.45) is 0 Å². The lowest BCUT2D eigenvalue weighted by Gasteiger charge is -2.02. The van der Waals surface area contributed by atoms with Crippen LogP contribution in [0, 0.1) is 0 Å². The van der Waals surface area contributed by atoms with E-state index >= 15 is 0 Å². The van der Waals surface area contributed by atoms with E-state index < -0.39 is 11.9 Å². The van der Waals surface area contributed by atoms with Crippen LogP contribution in [0.2, 0.25) is 0 Å². The van der Waals surface area contributed by atoms with Crippen molar-refractivity contribution in [1.29, 1.82) is 0 Å². The molecular weight excluding hydrogens is 460 g/mol. The summed E-state index contributed by atoms with van der Waals surface area (Å²) in [5.74, 6) is -1.31. The molecule has 0 aliphatic rings. The van der Waals surface area contributed by atoms with E-state index in [-0.39, 0.29) is 7.43 Å². The third kappa shape index (κ3) is 45.3. The second kappa shape index (κ2) is 37.1. The minimum atomic E-state index is -0.655. The molecule has 0 aliphatic carbocycles. The number of rotatable bonds is 28. The van der Waals surface area contributed by atoms with Gasteiger partial charge >= 0.3 is 11.9 Å². The summed E-state index contributed by atoms with van der Waals surface area (Å²) in [6, 6.07) is 0. The molecule has 37 heavy (non-hydrogen) atoms. The lowest BCUT2D eigenvalue weighted by Crippen LogP contribution is -1.93. The zero-order chi connectivity index (χ0) is 27.0. The van der Waals surface area contributed by atoms with Crippen molar-refractivity contribution < 1.29 is 19.8 Å². The molecule has 0 aromatic heterocycles. The standard InChI is InChI=1S/2C16H32O2.CH4/c2*1-2-3-4-5-6-7-8-9-10-11-12-13-14-15-16(17)18;/h2*2-15H2,1H3,(H,17,18);1H4. The first-order chi connectivity index (χ1) is 17.5. The van der Waals surface area contributed by atoms with Crippen molar-refractivity contribution in [1.82, 2.24) is 0 Å². The number of hydrogen-bond acceptors (Lipinski definition) is 2. The average molecular weight is 529 g/mol. The normalized spacial score (nSPS) is 10.4. The van der Waals surface area contributed by atoms with Crippen LogP contribution in [0.4, 0.5) is 0 Å². The Labute approximate surface area is 232 Å². The van der Waals surface area contributed by atoms with Crippen LogP contribution in [0.3, 0.4) is 0 Å². The molecule has 0 saturated carbocycles. The second-order valence-corrected chi connectivity index (χ2v) is 10.8. The van der Waals surface area contributed by atoms with Crippen LogP contribution < -0.4 is 0 Å². The summed E-state index contributed by atoms with van der Waals surface area (Å²) in [6.45, 7) is 4.52. The third-order valence-electron chi connectivity index (χ3n) is 6.99. The monoisotopic (exact) mass is 529 g/mol. The molecule has 4 heteroatoms. The van der Waals surface area contributed by atoms with E-state index in [9.17, 15) is 9.59 Å². The summed E-state index contributed by atoms with van der Waals surface area (Å²) in [7, 11) is 0. The zero-order valence-electron chi connectivity index (χ0n) is 24.5. The van der Waals surface area contributed by atoms with Crippen LogP contribution in [0.5, 0.6) is 0 Å². The maximum atomic E-state index is 10.3. The summed E-state index contributed by atoms with van der Waals surface area (Å²) >= 11 is 0. The molecule has 0 aromatic rings. The molecule has 4 nitrogen and oxygen atoms in total. The highest BCUT2D eigenvalue weighted by Gasteiger charge is 1.98. The maximum Gasteiger partial charge on any atom is 0.303 e. The van der Waals surface area contributed by atoms with E-state index in [1.807, 2.05) is 0 Å². The highest BCUT2D eigenvalue weighted by Crippen LogP contribution is 2.14. The zero-order valence-corrected chi connectivity index (χ0v) is 24.5. The molecule has 0 aliphatic heterocycles. The highest BCUT2D eigenvalue weighted by molar-refractivity contribution is 5.66. The fourth-order valence-electron chi connectivity index (χ4n) is 4.59. The van der Waals surface area contributed by atoms with E-state index in [2.05, 4.69) is 13.8 Å². The average Bonchev–Trinajstić information content (AvgIpc) is 2.85. The van der Waals surface area contributed by atoms with E-state index in [0.717, 1.165) is 25.7 Å². The summed E-state index contributed by atoms with van der Waals surface area (Å²) in [5, 5.41) is 17.0. The first-order valence-electron chi connectivity index (χ1n) is 16.0. The highest BCUT2D eigenvalue weighted by atomic mass is 16.4. The topological polar surface area (TPSA) is 74.6 Å². The van der Waals surface area contributed by atoms with Gasteiger partial charge in [0, 0.05) is 12.8 Å². The summed E-state index contributed by atoms with van der Waals surface area (Å²) in [4.78, 5) is 20.6. The van der Waals surface area contributed by atoms with E-state index in [1.54, 1.807) is 0 Å². The lowest BCUT2D eigenvalue weighted by atomic mass is 10.0. The molecule has 0 unspecified atom stereocenters. The SMILES string of the molecule is C.CCCCCCCCCCCCCCCC(=O)O.CCCCCCCCCCCCCCCC(=O)O. The Kier molecular flexibility index (Phi) is 40.5. The predicted octanol–water partition coefficient (Wildman–Crippen LogP) is 11.7. The van der Waals surface area contributed by atoms with Gasteiger partial charge in [-0.2, -0.15) is 0 Å². The van der Waals surface area contributed by atoms with Gasteiger partial charge in [-0.3, -0.25) is 9.59 Å². The van der Waals surface area contributed by atoms with E-state index in [1.165, 1.54) is 141 Å². The Hall–Kier alpha value is -1.06. The fraction of sp³-hybridized carbons (Fsp3) is 0.939. The Morgan fingerprint density at radius 2 is 0.514 bits per heavy atom. The first kappa shape index (κ1) is 40.4. The minimum absolute atomic E-state index is 0. The molecule has 0 radical (unpaired) electrons. The van der Waals surface area contributed by atoms with Gasteiger partial charge in [0.15, 0.2) is 0 Å². The van der Waals surface area contributed by atoms with Crippen molar-refractivity contribution in [3.8, 4) is 0 Å². The van der Waals surface area contributed by atoms with E-state index in [0.29, 0.717) is 12.8 Å². The summed E-state index contributed by atoms with van der Waals surface area (Å²) < 4.78 is 0. The molecule has 0 aromatic carbocycles. The molecule has 0 saturated heterocycles. The predicted molar refractivity (Wildman–Crippen MR) is 163 cm³/mol. The molecule has 2 N–H and O–H groups in total. The van der Waals surface area contributed by atoms with Gasteiger partial charge in [-0.25, -0.2) is 0 Å². The first-order valence-corrected chi connectivity index (χ1v) is 16.0. The molecule has 0 rings (SSSR count). The molecule has 0 fully saturated rings. The van der Waals surface area contributed by atoms with Crippen molar-refractivity contribution in [3.63, 3.8) is 0 Å². The molecule has 224 valence electrons. The van der Waals surface area contributed by atoms with Gasteiger partial charge in [0.2, 0.25) is 0 Å². The Bertz CT molecular complexity index is 396. The molecule has 0 heterocycles. The summed E-state index contributed by atoms with van der Waals surface area (Å²) in [5.41, 5.74) is 0. The van der Waals surface area contributed by atoms with Gasteiger partial charge in [0.25, 0.3) is 0 Å². The number of carbonyl (C=O) groups is 2. The number of hydrogen-bond donors (Lipinski definition) is 2. The molecular formula is C33H68O4. The van der Waals surface area contributed by atoms with Crippen molar-refractivity contribution in [2.45, 2.75) is 201 Å². The van der Waals surface area contributed by atoms with Gasteiger partial charge < -0.3 is 10.2 Å². The van der Waals surface area contributed by atoms with Gasteiger partial charge in [-0.05, 0) is 12.8 Å². The molecule has 0 atom stereocenters. The quantitative estimate of drug-likeness (QED) is 0.0990. The Morgan fingerprint density at radius 3 is 0.676 bits per heavy atom. The van der Waals surface area contributed by atoms with Crippen LogP contribution in [-0.4, -0.2) is 22.2 Å². The second-order valence-electron chi connectivity index (χ2n) is 10.8. The third-order valence-corrected chi connectivity index (χ3v) is 6.99. The van der Waals surface area contributed by atoms with Crippen LogP contribution in [-0.2, 0) is 9.59 Å². The van der Waals surface area contributed by atoms with Gasteiger partial charge in [-0.1, -0.05) is 175 Å². The van der Waals surface area contributed by atoms with Gasteiger partial charge in [-0.15, -0.1) is 0 Å². The largest absolute Gasteiger partial charge is 0.481 e. The molecule has 0 spiro atoms. The number of carboxylic acids is 2. The molecule has 0 amide bonds. The van der Waals surface area contributed by atoms with Crippen molar-refractivity contribution >= 4 is 11.9 Å². The van der Waals surface area contributed by atoms with Crippen LogP contribution in [0.25, 0.3) is 0 Å². The number of aliphatic carboxylic acids is 2. The fourth-order valence-corrected chi connectivity index (χ4v) is 4.59. The number of unbranched alkanes of at least 4 members (excludes halogenated alkanes) is 24. The van der Waals surface area contributed by atoms with Crippen LogP contribution in [0.1, 0.15) is 201 Å². The van der Waals surface area contributed by atoms with Gasteiger partial charge in [0.1, 0.15) is 0 Å².